The maximum Gasteiger partial charge on any atom is 0.346 e. The number of hydrogen-bond acceptors (Lipinski definition) is 4. The molecule has 0 aromatic carbocycles. The zero-order valence-electron chi connectivity index (χ0n) is 11.6. The first kappa shape index (κ1) is 13.8. The molecule has 7 nitrogen and oxygen atoms in total. The van der Waals surface area contributed by atoms with Gasteiger partial charge in [0, 0.05) is 19.1 Å². The van der Waals surface area contributed by atoms with Gasteiger partial charge in [-0.1, -0.05) is 13.8 Å². The lowest BCUT2D eigenvalue weighted by Crippen LogP contribution is -2.40. The lowest BCUT2D eigenvalue weighted by atomic mass is 10.1. The Balaban J connectivity index is 2.05. The summed E-state index contributed by atoms with van der Waals surface area (Å²) in [5.74, 6) is 0.882. The van der Waals surface area contributed by atoms with Crippen molar-refractivity contribution in [3.8, 4) is 0 Å². The van der Waals surface area contributed by atoms with Crippen LogP contribution in [0.2, 0.25) is 0 Å². The first-order valence-corrected chi connectivity index (χ1v) is 6.65. The van der Waals surface area contributed by atoms with Gasteiger partial charge >= 0.3 is 5.69 Å². The molecule has 106 valence electrons. The minimum Gasteiger partial charge on any atom is -0.352 e. The molecule has 1 aliphatic heterocycles. The second kappa shape index (κ2) is 5.56. The lowest BCUT2D eigenvalue weighted by molar-refractivity contribution is -0.122. The molecular formula is C12H21N5O2. The van der Waals surface area contributed by atoms with Gasteiger partial charge in [-0.2, -0.15) is 5.10 Å². The molecule has 1 atom stereocenters. The van der Waals surface area contributed by atoms with E-state index in [-0.39, 0.29) is 24.2 Å². The molecule has 1 unspecified atom stereocenters. The number of carbonyl (C=O) groups excluding carboxylic acids is 1. The Morgan fingerprint density at radius 3 is 2.84 bits per heavy atom. The van der Waals surface area contributed by atoms with Crippen LogP contribution in [0.1, 0.15) is 26.6 Å². The van der Waals surface area contributed by atoms with Crippen LogP contribution in [0.5, 0.6) is 0 Å². The number of nitrogens with zero attached hydrogens (tertiary/aromatic N) is 3. The Kier molecular flexibility index (Phi) is 4.04. The lowest BCUT2D eigenvalue weighted by Gasteiger charge is -2.16. The van der Waals surface area contributed by atoms with Gasteiger partial charge in [-0.15, -0.1) is 0 Å². The van der Waals surface area contributed by atoms with Crippen molar-refractivity contribution in [2.24, 2.45) is 5.92 Å². The van der Waals surface area contributed by atoms with Crippen LogP contribution in [-0.2, 0) is 24.4 Å². The highest BCUT2D eigenvalue weighted by molar-refractivity contribution is 5.75. The summed E-state index contributed by atoms with van der Waals surface area (Å²) in [5, 5.41) is 10.2. The summed E-state index contributed by atoms with van der Waals surface area (Å²) in [5.41, 5.74) is -0.205. The Bertz CT molecular complexity index is 517. The Hall–Kier alpha value is -1.63. The molecule has 1 aromatic heterocycles. The highest BCUT2D eigenvalue weighted by Crippen LogP contribution is 2.00. The SMILES string of the molecule is CC(C)C(C)NC(=O)Cn1nc2n(c1=O)CCNC2. The van der Waals surface area contributed by atoms with Gasteiger partial charge in [0.05, 0.1) is 6.54 Å². The molecule has 2 N–H and O–H groups in total. The molecule has 1 aromatic rings. The Morgan fingerprint density at radius 2 is 2.21 bits per heavy atom. The summed E-state index contributed by atoms with van der Waals surface area (Å²) >= 11 is 0. The van der Waals surface area contributed by atoms with Crippen molar-refractivity contribution >= 4 is 5.91 Å². The van der Waals surface area contributed by atoms with Gasteiger partial charge in [0.2, 0.25) is 5.91 Å². The van der Waals surface area contributed by atoms with Gasteiger partial charge in [0.25, 0.3) is 0 Å². The van der Waals surface area contributed by atoms with E-state index in [1.807, 2.05) is 20.8 Å². The summed E-state index contributed by atoms with van der Waals surface area (Å²) in [6.45, 7) is 7.96. The van der Waals surface area contributed by atoms with Crippen molar-refractivity contribution in [2.45, 2.75) is 46.4 Å². The Morgan fingerprint density at radius 1 is 1.47 bits per heavy atom. The maximum atomic E-state index is 12.0. The molecule has 0 saturated heterocycles. The zero-order valence-corrected chi connectivity index (χ0v) is 11.6. The first-order valence-electron chi connectivity index (χ1n) is 6.65. The third kappa shape index (κ3) is 3.04. The van der Waals surface area contributed by atoms with Crippen molar-refractivity contribution < 1.29 is 4.79 Å². The van der Waals surface area contributed by atoms with E-state index in [0.717, 1.165) is 6.54 Å². The normalized spacial score (nSPS) is 16.2. The van der Waals surface area contributed by atoms with E-state index >= 15 is 0 Å². The fourth-order valence-electron chi connectivity index (χ4n) is 1.94. The molecule has 2 rings (SSSR count). The van der Waals surface area contributed by atoms with E-state index < -0.39 is 0 Å². The number of aromatic nitrogens is 3. The maximum absolute atomic E-state index is 12.0. The van der Waals surface area contributed by atoms with Gasteiger partial charge in [-0.3, -0.25) is 9.36 Å². The van der Waals surface area contributed by atoms with E-state index in [2.05, 4.69) is 15.7 Å². The largest absolute Gasteiger partial charge is 0.352 e. The van der Waals surface area contributed by atoms with Gasteiger partial charge in [-0.05, 0) is 12.8 Å². The van der Waals surface area contributed by atoms with Crippen LogP contribution in [0, 0.1) is 5.92 Å². The van der Waals surface area contributed by atoms with Crippen molar-refractivity contribution in [1.82, 2.24) is 25.0 Å². The molecule has 0 radical (unpaired) electrons. The zero-order chi connectivity index (χ0) is 14.0. The number of amides is 1. The fourth-order valence-corrected chi connectivity index (χ4v) is 1.94. The number of rotatable bonds is 4. The quantitative estimate of drug-likeness (QED) is 0.756. The molecule has 0 bridgehead atoms. The monoisotopic (exact) mass is 267 g/mol. The van der Waals surface area contributed by atoms with E-state index in [0.29, 0.717) is 24.8 Å². The Labute approximate surface area is 112 Å². The van der Waals surface area contributed by atoms with Crippen LogP contribution in [-0.4, -0.2) is 32.8 Å². The molecule has 0 fully saturated rings. The van der Waals surface area contributed by atoms with Crippen molar-refractivity contribution in [3.63, 3.8) is 0 Å². The molecule has 0 spiro atoms. The van der Waals surface area contributed by atoms with Gasteiger partial charge in [-0.25, -0.2) is 9.48 Å². The van der Waals surface area contributed by atoms with E-state index in [1.165, 1.54) is 4.68 Å². The van der Waals surface area contributed by atoms with Gasteiger partial charge in [0.1, 0.15) is 12.4 Å². The second-order valence-corrected chi connectivity index (χ2v) is 5.29. The average Bonchev–Trinajstić information content (AvgIpc) is 2.66. The third-order valence-electron chi connectivity index (χ3n) is 3.48. The van der Waals surface area contributed by atoms with Crippen molar-refractivity contribution in [2.75, 3.05) is 6.54 Å². The van der Waals surface area contributed by atoms with Crippen LogP contribution in [0.25, 0.3) is 0 Å². The van der Waals surface area contributed by atoms with Crippen LogP contribution >= 0.6 is 0 Å². The highest BCUT2D eigenvalue weighted by Gasteiger charge is 2.18. The summed E-state index contributed by atoms with van der Waals surface area (Å²) < 4.78 is 2.86. The van der Waals surface area contributed by atoms with Crippen LogP contribution in [0.3, 0.4) is 0 Å². The second-order valence-electron chi connectivity index (χ2n) is 5.29. The van der Waals surface area contributed by atoms with Crippen molar-refractivity contribution in [3.05, 3.63) is 16.3 Å². The number of fused-ring (bicyclic) bond motifs is 1. The number of hydrogen-bond donors (Lipinski definition) is 2. The van der Waals surface area contributed by atoms with E-state index in [1.54, 1.807) is 4.57 Å². The molecular weight excluding hydrogens is 246 g/mol. The molecule has 0 saturated carbocycles. The summed E-state index contributed by atoms with van der Waals surface area (Å²) in [6, 6.07) is 0.0853. The summed E-state index contributed by atoms with van der Waals surface area (Å²) in [4.78, 5) is 23.9. The highest BCUT2D eigenvalue weighted by atomic mass is 16.2. The number of carbonyl (C=O) groups is 1. The van der Waals surface area contributed by atoms with E-state index in [4.69, 9.17) is 0 Å². The number of nitrogens with one attached hydrogen (secondary N) is 2. The smallest absolute Gasteiger partial charge is 0.346 e. The van der Waals surface area contributed by atoms with Crippen LogP contribution in [0.15, 0.2) is 4.79 Å². The minimum absolute atomic E-state index is 0.0180. The molecule has 7 heteroatoms. The van der Waals surface area contributed by atoms with Crippen LogP contribution in [0.4, 0.5) is 0 Å². The first-order chi connectivity index (χ1) is 8.99. The molecule has 19 heavy (non-hydrogen) atoms. The molecule has 1 aliphatic rings. The van der Waals surface area contributed by atoms with Gasteiger partial charge in [0.15, 0.2) is 0 Å². The van der Waals surface area contributed by atoms with E-state index in [9.17, 15) is 9.59 Å². The molecule has 1 amide bonds. The minimum atomic E-state index is -0.205. The average molecular weight is 267 g/mol. The van der Waals surface area contributed by atoms with Crippen LogP contribution < -0.4 is 16.3 Å². The summed E-state index contributed by atoms with van der Waals surface area (Å²) in [7, 11) is 0. The fraction of sp³-hybridized carbons (Fsp3) is 0.750. The predicted octanol–water partition coefficient (Wildman–Crippen LogP) is -0.691. The standard InChI is InChI=1S/C12H21N5O2/c1-8(2)9(3)14-11(18)7-17-12(19)16-5-4-13-6-10(16)15-17/h8-9,13H,4-7H2,1-3H3,(H,14,18). The van der Waals surface area contributed by atoms with Gasteiger partial charge < -0.3 is 10.6 Å². The summed E-state index contributed by atoms with van der Waals surface area (Å²) in [6.07, 6.45) is 0. The molecule has 0 aliphatic carbocycles. The molecule has 2 heterocycles. The van der Waals surface area contributed by atoms with Crippen molar-refractivity contribution in [1.29, 1.82) is 0 Å². The topological polar surface area (TPSA) is 81.0 Å². The predicted molar refractivity (Wildman–Crippen MR) is 70.6 cm³/mol. The third-order valence-corrected chi connectivity index (χ3v) is 3.48.